The summed E-state index contributed by atoms with van der Waals surface area (Å²) in [6.07, 6.45) is 0. The van der Waals surface area contributed by atoms with Gasteiger partial charge in [0, 0.05) is 25.2 Å². The van der Waals surface area contributed by atoms with Crippen LogP contribution in [0.2, 0.25) is 0 Å². The van der Waals surface area contributed by atoms with Crippen LogP contribution in [0.15, 0.2) is 30.3 Å². The minimum Gasteiger partial charge on any atom is -0.383 e. The zero-order valence-electron chi connectivity index (χ0n) is 9.97. The molecule has 0 radical (unpaired) electrons. The van der Waals surface area contributed by atoms with Gasteiger partial charge in [0.05, 0.1) is 0 Å². The summed E-state index contributed by atoms with van der Waals surface area (Å²) in [5.41, 5.74) is 11.7. The van der Waals surface area contributed by atoms with Crippen LogP contribution in [-0.4, -0.2) is 17.0 Å². The van der Waals surface area contributed by atoms with E-state index in [0.717, 1.165) is 0 Å². The van der Waals surface area contributed by atoms with Gasteiger partial charge in [-0.2, -0.15) is 9.97 Å². The van der Waals surface area contributed by atoms with Crippen LogP contribution in [0.1, 0.15) is 5.56 Å². The van der Waals surface area contributed by atoms with Crippen molar-refractivity contribution in [3.8, 4) is 0 Å². The van der Waals surface area contributed by atoms with Crippen molar-refractivity contribution in [1.82, 2.24) is 9.97 Å². The van der Waals surface area contributed by atoms with Gasteiger partial charge in [-0.25, -0.2) is 4.39 Å². The van der Waals surface area contributed by atoms with E-state index in [1.807, 2.05) is 0 Å². The monoisotopic (exact) mass is 247 g/mol. The Balaban J connectivity index is 2.22. The first-order valence-electron chi connectivity index (χ1n) is 5.41. The number of aromatic nitrogens is 2. The Hall–Kier alpha value is -2.37. The number of hydrogen-bond acceptors (Lipinski definition) is 5. The molecule has 0 saturated carbocycles. The van der Waals surface area contributed by atoms with Gasteiger partial charge in [-0.3, -0.25) is 0 Å². The molecule has 0 bridgehead atoms. The highest BCUT2D eigenvalue weighted by Crippen LogP contribution is 2.17. The molecule has 0 amide bonds. The molecule has 0 aliphatic carbocycles. The van der Waals surface area contributed by atoms with Crippen molar-refractivity contribution in [3.05, 3.63) is 41.7 Å². The third-order valence-corrected chi connectivity index (χ3v) is 2.51. The summed E-state index contributed by atoms with van der Waals surface area (Å²) < 4.78 is 13.5. The maximum Gasteiger partial charge on any atom is 0.223 e. The molecule has 0 atom stereocenters. The number of anilines is 3. The van der Waals surface area contributed by atoms with Gasteiger partial charge in [-0.05, 0) is 6.07 Å². The standard InChI is InChI=1S/C12H14FN5/c1-18(7-8-4-2-3-5-9(8)13)11-6-10(14)16-12(15)17-11/h2-6H,7H2,1H3,(H4,14,15,16,17). The second kappa shape index (κ2) is 4.87. The van der Waals surface area contributed by atoms with E-state index in [1.165, 1.54) is 6.07 Å². The zero-order valence-corrected chi connectivity index (χ0v) is 9.97. The molecule has 2 rings (SSSR count). The second-order valence-electron chi connectivity index (χ2n) is 3.96. The largest absolute Gasteiger partial charge is 0.383 e. The van der Waals surface area contributed by atoms with Gasteiger partial charge in [0.15, 0.2) is 0 Å². The molecule has 0 spiro atoms. The molecule has 5 nitrogen and oxygen atoms in total. The van der Waals surface area contributed by atoms with Crippen LogP contribution in [0.5, 0.6) is 0 Å². The van der Waals surface area contributed by atoms with Crippen LogP contribution >= 0.6 is 0 Å². The highest BCUT2D eigenvalue weighted by Gasteiger charge is 2.08. The number of nitrogen functional groups attached to an aromatic ring is 2. The Kier molecular flexibility index (Phi) is 3.27. The molecule has 0 unspecified atom stereocenters. The fourth-order valence-electron chi connectivity index (χ4n) is 1.63. The van der Waals surface area contributed by atoms with Crippen molar-refractivity contribution < 1.29 is 4.39 Å². The van der Waals surface area contributed by atoms with Crippen LogP contribution in [-0.2, 0) is 6.54 Å². The summed E-state index contributed by atoms with van der Waals surface area (Å²) in [5.74, 6) is 0.700. The fourth-order valence-corrected chi connectivity index (χ4v) is 1.63. The lowest BCUT2D eigenvalue weighted by Crippen LogP contribution is -2.19. The summed E-state index contributed by atoms with van der Waals surface area (Å²) in [5, 5.41) is 0. The van der Waals surface area contributed by atoms with Gasteiger partial charge in [-0.1, -0.05) is 18.2 Å². The SMILES string of the molecule is CN(Cc1ccccc1F)c1cc(N)nc(N)n1. The smallest absolute Gasteiger partial charge is 0.223 e. The Morgan fingerprint density at radius 2 is 1.94 bits per heavy atom. The second-order valence-corrected chi connectivity index (χ2v) is 3.96. The third kappa shape index (κ3) is 2.65. The fraction of sp³-hybridized carbons (Fsp3) is 0.167. The molecule has 1 aromatic carbocycles. The third-order valence-electron chi connectivity index (χ3n) is 2.51. The van der Waals surface area contributed by atoms with Crippen molar-refractivity contribution in [2.24, 2.45) is 0 Å². The molecule has 6 heteroatoms. The predicted octanol–water partition coefficient (Wildman–Crippen LogP) is 1.42. The van der Waals surface area contributed by atoms with E-state index in [9.17, 15) is 4.39 Å². The van der Waals surface area contributed by atoms with E-state index < -0.39 is 0 Å². The van der Waals surface area contributed by atoms with Gasteiger partial charge in [0.25, 0.3) is 0 Å². The Morgan fingerprint density at radius 3 is 2.61 bits per heavy atom. The Labute approximate surface area is 104 Å². The molecular formula is C12H14FN5. The van der Waals surface area contributed by atoms with Crippen molar-refractivity contribution in [3.63, 3.8) is 0 Å². The molecule has 0 fully saturated rings. The number of halogens is 1. The van der Waals surface area contributed by atoms with Crippen molar-refractivity contribution in [1.29, 1.82) is 0 Å². The quantitative estimate of drug-likeness (QED) is 0.857. The number of benzene rings is 1. The maximum absolute atomic E-state index is 13.5. The number of rotatable bonds is 3. The summed E-state index contributed by atoms with van der Waals surface area (Å²) in [4.78, 5) is 9.59. The first kappa shape index (κ1) is 12.1. The van der Waals surface area contributed by atoms with Crippen LogP contribution in [0, 0.1) is 5.82 Å². The first-order valence-corrected chi connectivity index (χ1v) is 5.41. The molecule has 0 saturated heterocycles. The van der Waals surface area contributed by atoms with E-state index in [2.05, 4.69) is 9.97 Å². The minimum atomic E-state index is -0.251. The molecule has 0 aliphatic rings. The lowest BCUT2D eigenvalue weighted by Gasteiger charge is -2.18. The molecule has 18 heavy (non-hydrogen) atoms. The van der Waals surface area contributed by atoms with E-state index in [0.29, 0.717) is 17.9 Å². The highest BCUT2D eigenvalue weighted by atomic mass is 19.1. The van der Waals surface area contributed by atoms with Gasteiger partial charge in [-0.15, -0.1) is 0 Å². The summed E-state index contributed by atoms with van der Waals surface area (Å²) in [7, 11) is 1.79. The average Bonchev–Trinajstić information content (AvgIpc) is 2.31. The van der Waals surface area contributed by atoms with E-state index in [-0.39, 0.29) is 17.6 Å². The molecule has 1 aromatic heterocycles. The minimum absolute atomic E-state index is 0.102. The molecular weight excluding hydrogens is 233 g/mol. The molecule has 2 aromatic rings. The number of nitrogens with zero attached hydrogens (tertiary/aromatic N) is 3. The van der Waals surface area contributed by atoms with Gasteiger partial charge in [0.1, 0.15) is 17.5 Å². The molecule has 4 N–H and O–H groups in total. The normalized spacial score (nSPS) is 10.3. The number of nitrogens with two attached hydrogens (primary N) is 2. The lowest BCUT2D eigenvalue weighted by molar-refractivity contribution is 0.607. The molecule has 0 aliphatic heterocycles. The van der Waals surface area contributed by atoms with Crippen LogP contribution < -0.4 is 16.4 Å². The summed E-state index contributed by atoms with van der Waals surface area (Å²) in [6.45, 7) is 0.378. The van der Waals surface area contributed by atoms with Gasteiger partial charge >= 0.3 is 0 Å². The lowest BCUT2D eigenvalue weighted by atomic mass is 10.2. The van der Waals surface area contributed by atoms with Gasteiger partial charge in [0.2, 0.25) is 5.95 Å². The Morgan fingerprint density at radius 1 is 1.22 bits per heavy atom. The van der Waals surface area contributed by atoms with Crippen molar-refractivity contribution in [2.75, 3.05) is 23.4 Å². The molecule has 94 valence electrons. The molecule has 1 heterocycles. The van der Waals surface area contributed by atoms with Crippen molar-refractivity contribution >= 4 is 17.6 Å². The van der Waals surface area contributed by atoms with E-state index >= 15 is 0 Å². The number of hydrogen-bond donors (Lipinski definition) is 2. The van der Waals surface area contributed by atoms with Crippen molar-refractivity contribution in [2.45, 2.75) is 6.54 Å². The summed E-state index contributed by atoms with van der Waals surface area (Å²) in [6, 6.07) is 8.18. The first-order chi connectivity index (χ1) is 8.56. The van der Waals surface area contributed by atoms with Gasteiger partial charge < -0.3 is 16.4 Å². The van der Waals surface area contributed by atoms with Crippen LogP contribution in [0.4, 0.5) is 22.0 Å². The highest BCUT2D eigenvalue weighted by molar-refractivity contribution is 5.50. The summed E-state index contributed by atoms with van der Waals surface area (Å²) >= 11 is 0. The predicted molar refractivity (Wildman–Crippen MR) is 69.4 cm³/mol. The zero-order chi connectivity index (χ0) is 13.1. The van der Waals surface area contributed by atoms with Crippen LogP contribution in [0.25, 0.3) is 0 Å². The topological polar surface area (TPSA) is 81.1 Å². The van der Waals surface area contributed by atoms with E-state index in [4.69, 9.17) is 11.5 Å². The maximum atomic E-state index is 13.5. The van der Waals surface area contributed by atoms with E-state index in [1.54, 1.807) is 36.2 Å². The van der Waals surface area contributed by atoms with Crippen LogP contribution in [0.3, 0.4) is 0 Å². The average molecular weight is 247 g/mol. The Bertz CT molecular complexity index is 538.